The summed E-state index contributed by atoms with van der Waals surface area (Å²) in [5, 5.41) is 0. The first-order valence-corrected chi connectivity index (χ1v) is 14.7. The van der Waals surface area contributed by atoms with Crippen molar-refractivity contribution in [2.45, 2.75) is -1.13 Å². The van der Waals surface area contributed by atoms with Crippen molar-refractivity contribution in [2.75, 3.05) is 0 Å². The van der Waals surface area contributed by atoms with Gasteiger partial charge in [-0.3, -0.25) is 0 Å². The molecule has 1 rings (SSSR count). The average molecular weight is 1370 g/mol. The number of benzene rings is 1. The molecule has 0 saturated carbocycles. The van der Waals surface area contributed by atoms with Gasteiger partial charge in [-0.25, -0.2) is 0 Å². The first-order chi connectivity index (χ1) is 7.89. The number of hydrogen-bond acceptors (Lipinski definition) is 0. The first-order valence-electron chi connectivity index (χ1n) is 3.89. The molecule has 1 aromatic rings. The van der Waals surface area contributed by atoms with Crippen LogP contribution in [0.4, 0.5) is 0 Å². The Morgan fingerprint density at radius 2 is 0.611 bits per heavy atom. The van der Waals surface area contributed by atoms with Crippen molar-refractivity contribution in [1.29, 1.82) is 0 Å². The molecule has 0 unspecified atom stereocenters. The van der Waals surface area contributed by atoms with E-state index in [4.69, 9.17) is 0 Å². The number of alkyl halides is 6. The van der Waals surface area contributed by atoms with Gasteiger partial charge in [-0.2, -0.15) is 0 Å². The lowest BCUT2D eigenvalue weighted by Gasteiger charge is -2.25. The number of rotatable bonds is 2. The third-order valence-electron chi connectivity index (χ3n) is 1.83. The van der Waals surface area contributed by atoms with Crippen LogP contribution in [0.5, 0.6) is 0 Å². The van der Waals surface area contributed by atoms with E-state index in [9.17, 15) is 0 Å². The molecule has 0 aliphatic rings. The molecular weight excluding hydrogens is 1370 g/mol. The van der Waals surface area contributed by atoms with Gasteiger partial charge in [-0.15, -0.1) is 0 Å². The zero-order chi connectivity index (χ0) is 14.5. The van der Waals surface area contributed by atoms with Gasteiger partial charge in [0.25, 0.3) is 0 Å². The van der Waals surface area contributed by atoms with E-state index in [1.54, 1.807) is 0 Å². The number of halogens is 10. The summed E-state index contributed by atoms with van der Waals surface area (Å²) < 4.78 is 5.76. The maximum Gasteiger partial charge on any atom is 0.151 e. The van der Waals surface area contributed by atoms with Crippen LogP contribution in [0, 0.1) is 14.3 Å². The molecule has 0 bridgehead atoms. The Morgan fingerprint density at radius 1 is 0.444 bits per heavy atom. The van der Waals surface area contributed by atoms with Crippen LogP contribution in [0.15, 0.2) is 0 Å². The first kappa shape index (κ1) is 22.6. The van der Waals surface area contributed by atoms with E-state index in [0.717, 1.165) is 0 Å². The minimum atomic E-state index is 0.100. The lowest BCUT2D eigenvalue weighted by atomic mass is 10.2. The van der Waals surface area contributed by atoms with Crippen molar-refractivity contribution in [1.82, 2.24) is 0 Å². The molecule has 0 aliphatic carbocycles. The largest absolute Gasteiger partial charge is 0.151 e. The molecule has 0 heterocycles. The lowest BCUT2D eigenvalue weighted by molar-refractivity contribution is 1.24. The third-order valence-corrected chi connectivity index (χ3v) is 11.4. The van der Waals surface area contributed by atoms with Gasteiger partial charge in [0.2, 0.25) is 0 Å². The van der Waals surface area contributed by atoms with Crippen molar-refractivity contribution < 1.29 is 0 Å². The topological polar surface area (TPSA) is 0 Å². The van der Waals surface area contributed by atoms with Gasteiger partial charge in [0.05, 0.1) is 0 Å². The standard InChI is InChI=1S/C8I10/c9-3-1(7(13,14)15)4(10)6(12)2(5(3)11)8(16,17)18. The van der Waals surface area contributed by atoms with Crippen molar-refractivity contribution in [3.8, 4) is 0 Å². The van der Waals surface area contributed by atoms with Crippen LogP contribution in [0.3, 0.4) is 0 Å². The van der Waals surface area contributed by atoms with Gasteiger partial charge < -0.3 is 0 Å². The summed E-state index contributed by atoms with van der Waals surface area (Å²) in [6.45, 7) is 0. The molecule has 10 heteroatoms. The highest BCUT2D eigenvalue weighted by Gasteiger charge is 2.35. The molecule has 0 atom stereocenters. The van der Waals surface area contributed by atoms with Crippen LogP contribution >= 0.6 is 226 Å². The molecule has 0 N–H and O–H groups in total. The molecular formula is C8I10. The molecule has 1 aromatic carbocycles. The molecule has 0 aromatic heterocycles. The molecule has 0 nitrogen and oxygen atoms in total. The Balaban J connectivity index is 3.79. The molecule has 0 aliphatic heterocycles. The van der Waals surface area contributed by atoms with Gasteiger partial charge in [0.1, 0.15) is 0 Å². The van der Waals surface area contributed by atoms with Gasteiger partial charge >= 0.3 is 0 Å². The fourth-order valence-corrected chi connectivity index (χ4v) is 15.4. The Bertz CT molecular complexity index is 406. The van der Waals surface area contributed by atoms with Crippen LogP contribution in [-0.4, -0.2) is 0 Å². The second kappa shape index (κ2) is 8.94. The van der Waals surface area contributed by atoms with Crippen molar-refractivity contribution in [2.24, 2.45) is 0 Å². The zero-order valence-electron chi connectivity index (χ0n) is 7.78. The summed E-state index contributed by atoms with van der Waals surface area (Å²) in [7, 11) is 0. The van der Waals surface area contributed by atoms with Crippen molar-refractivity contribution in [3.05, 3.63) is 25.4 Å². The normalized spacial score (nSPS) is 13.0. The highest BCUT2D eigenvalue weighted by Crippen LogP contribution is 2.55. The summed E-state index contributed by atoms with van der Waals surface area (Å²) in [6.07, 6.45) is 0. The van der Waals surface area contributed by atoms with Gasteiger partial charge in [-0.05, 0) is 226 Å². The molecule has 18 heavy (non-hydrogen) atoms. The second-order valence-electron chi connectivity index (χ2n) is 3.00. The van der Waals surface area contributed by atoms with E-state index < -0.39 is 0 Å². The molecule has 102 valence electrons. The van der Waals surface area contributed by atoms with Gasteiger partial charge in [0.15, 0.2) is -1.13 Å². The van der Waals surface area contributed by atoms with Crippen LogP contribution in [0.2, 0.25) is 0 Å². The second-order valence-corrected chi connectivity index (χ2v) is 29.4. The maximum atomic E-state index is 2.51. The molecule has 0 saturated heterocycles. The van der Waals surface area contributed by atoms with E-state index >= 15 is 0 Å². The number of hydrogen-bond donors (Lipinski definition) is 0. The molecule has 0 amide bonds. The van der Waals surface area contributed by atoms with Crippen LogP contribution < -0.4 is 0 Å². The summed E-state index contributed by atoms with van der Waals surface area (Å²) in [4.78, 5) is 0. The van der Waals surface area contributed by atoms with Gasteiger partial charge in [0, 0.05) is 25.4 Å². The van der Waals surface area contributed by atoms with Crippen LogP contribution in [0.1, 0.15) is 11.1 Å². The minimum absolute atomic E-state index is 0.100. The Morgan fingerprint density at radius 3 is 0.722 bits per heavy atom. The third kappa shape index (κ3) is 5.77. The average Bonchev–Trinajstić information content (AvgIpc) is 2.10. The maximum absolute atomic E-state index is 2.51. The summed E-state index contributed by atoms with van der Waals surface area (Å²) in [6, 6.07) is 0. The summed E-state index contributed by atoms with van der Waals surface area (Å²) >= 11 is 25.1. The Kier molecular flexibility index (Phi) is 11.2. The lowest BCUT2D eigenvalue weighted by Crippen LogP contribution is -2.14. The van der Waals surface area contributed by atoms with Crippen molar-refractivity contribution >= 4 is 226 Å². The Labute approximate surface area is 243 Å². The molecule has 0 radical (unpaired) electrons. The summed E-state index contributed by atoms with van der Waals surface area (Å²) in [5.74, 6) is 0. The molecule has 0 spiro atoms. The SMILES string of the molecule is Ic1c(I)c(C(I)(I)I)c(I)c(I)c1C(I)(I)I. The Hall–Kier alpha value is 6.52. The summed E-state index contributed by atoms with van der Waals surface area (Å²) in [5.41, 5.74) is 2.88. The van der Waals surface area contributed by atoms with E-state index in [1.165, 1.54) is 25.4 Å². The molecule has 0 fully saturated rings. The van der Waals surface area contributed by atoms with Crippen LogP contribution in [-0.2, 0) is -1.13 Å². The van der Waals surface area contributed by atoms with E-state index in [-0.39, 0.29) is -1.13 Å². The van der Waals surface area contributed by atoms with Gasteiger partial charge in [-0.1, -0.05) is 0 Å². The quantitative estimate of drug-likeness (QED) is 0.158. The van der Waals surface area contributed by atoms with Crippen molar-refractivity contribution in [3.63, 3.8) is 0 Å². The van der Waals surface area contributed by atoms with E-state index in [2.05, 4.69) is 226 Å². The monoisotopic (exact) mass is 1370 g/mol. The van der Waals surface area contributed by atoms with E-state index in [0.29, 0.717) is 0 Å². The smallest absolute Gasteiger partial charge is 0.0499 e. The highest BCUT2D eigenvalue weighted by atomic mass is 127. The fraction of sp³-hybridized carbons (Fsp3) is 0.250. The van der Waals surface area contributed by atoms with E-state index in [1.807, 2.05) is 0 Å². The van der Waals surface area contributed by atoms with Crippen LogP contribution in [0.25, 0.3) is 0 Å². The minimum Gasteiger partial charge on any atom is -0.0499 e. The highest BCUT2D eigenvalue weighted by molar-refractivity contribution is 14.3. The zero-order valence-corrected chi connectivity index (χ0v) is 29.4. The fourth-order valence-electron chi connectivity index (χ4n) is 1.13. The predicted molar refractivity (Wildman–Crippen MR) is 165 cm³/mol. The predicted octanol–water partition coefficient (Wildman–Crippen LogP) is 8.94.